The molecule has 0 unspecified atom stereocenters. The molecule has 0 aliphatic carbocycles. The summed E-state index contributed by atoms with van der Waals surface area (Å²) in [5.41, 5.74) is 1.36. The lowest BCUT2D eigenvalue weighted by Crippen LogP contribution is -2.11. The summed E-state index contributed by atoms with van der Waals surface area (Å²) in [4.78, 5) is 16.3. The van der Waals surface area contributed by atoms with Gasteiger partial charge in [-0.05, 0) is 25.1 Å². The molecule has 3 rings (SSSR count). The normalized spacial score (nSPS) is 10.3. The molecule has 8 heteroatoms. The molecule has 3 aromatic rings. The predicted octanol–water partition coefficient (Wildman–Crippen LogP) is 3.30. The zero-order valence-corrected chi connectivity index (χ0v) is 12.7. The maximum absolute atomic E-state index is 12.2. The number of carbonyl (C=O) groups is 1. The molecule has 0 aliphatic rings. The lowest BCUT2D eigenvalue weighted by atomic mass is 10.2. The molecule has 0 bridgehead atoms. The number of benzene rings is 1. The first kappa shape index (κ1) is 13.7. The minimum atomic E-state index is -0.214. The zero-order valence-electron chi connectivity index (χ0n) is 11.0. The van der Waals surface area contributed by atoms with Gasteiger partial charge in [0.05, 0.1) is 0 Å². The first-order valence-electron chi connectivity index (χ1n) is 6.09. The summed E-state index contributed by atoms with van der Waals surface area (Å²) in [7, 11) is 0. The Morgan fingerprint density at radius 1 is 1.24 bits per heavy atom. The number of hydrogen-bond acceptors (Lipinski definition) is 7. The van der Waals surface area contributed by atoms with E-state index in [1.54, 1.807) is 18.3 Å². The monoisotopic (exact) mass is 317 g/mol. The molecule has 21 heavy (non-hydrogen) atoms. The first-order valence-corrected chi connectivity index (χ1v) is 7.78. The van der Waals surface area contributed by atoms with Gasteiger partial charge in [-0.2, -0.15) is 0 Å². The lowest BCUT2D eigenvalue weighted by Gasteiger charge is -2.05. The van der Waals surface area contributed by atoms with Crippen molar-refractivity contribution < 1.29 is 4.79 Å². The minimum Gasteiger partial charge on any atom is -0.332 e. The maximum Gasteiger partial charge on any atom is 0.257 e. The third kappa shape index (κ3) is 3.41. The number of aryl methyl sites for hydroxylation is 1. The van der Waals surface area contributed by atoms with Gasteiger partial charge in [-0.1, -0.05) is 17.4 Å². The molecule has 6 nitrogen and oxygen atoms in total. The Kier molecular flexibility index (Phi) is 3.89. The lowest BCUT2D eigenvalue weighted by molar-refractivity contribution is 0.102. The van der Waals surface area contributed by atoms with Crippen molar-refractivity contribution in [3.63, 3.8) is 0 Å². The van der Waals surface area contributed by atoms with Crippen molar-refractivity contribution in [1.29, 1.82) is 0 Å². The number of amides is 1. The van der Waals surface area contributed by atoms with E-state index in [2.05, 4.69) is 25.8 Å². The maximum atomic E-state index is 12.2. The van der Waals surface area contributed by atoms with Crippen LogP contribution in [0.2, 0.25) is 0 Å². The second-order valence-electron chi connectivity index (χ2n) is 4.12. The minimum absolute atomic E-state index is 0.214. The van der Waals surface area contributed by atoms with Crippen LogP contribution in [0.3, 0.4) is 0 Å². The quantitative estimate of drug-likeness (QED) is 0.772. The second kappa shape index (κ2) is 5.98. The zero-order chi connectivity index (χ0) is 14.7. The Labute approximate surface area is 128 Å². The van der Waals surface area contributed by atoms with Gasteiger partial charge in [-0.15, -0.1) is 21.5 Å². The third-order valence-corrected chi connectivity index (χ3v) is 4.00. The van der Waals surface area contributed by atoms with Gasteiger partial charge in [-0.25, -0.2) is 4.98 Å². The molecule has 106 valence electrons. The first-order chi connectivity index (χ1) is 10.2. The van der Waals surface area contributed by atoms with E-state index in [0.717, 1.165) is 15.8 Å². The van der Waals surface area contributed by atoms with E-state index in [0.29, 0.717) is 10.7 Å². The number of anilines is 3. The van der Waals surface area contributed by atoms with Gasteiger partial charge < -0.3 is 5.32 Å². The second-order valence-corrected chi connectivity index (χ2v) is 6.20. The summed E-state index contributed by atoms with van der Waals surface area (Å²) in [6, 6.07) is 7.21. The Morgan fingerprint density at radius 3 is 2.86 bits per heavy atom. The Balaban J connectivity index is 1.74. The van der Waals surface area contributed by atoms with Crippen molar-refractivity contribution in [2.24, 2.45) is 0 Å². The molecule has 0 saturated heterocycles. The molecule has 0 aliphatic heterocycles. The molecule has 1 aromatic carbocycles. The fraction of sp³-hybridized carbons (Fsp3) is 0.0769. The molecule has 2 aromatic heterocycles. The Morgan fingerprint density at radius 2 is 2.14 bits per heavy atom. The standard InChI is InChI=1S/C13H11N5OS2/c1-8-17-18-13(21-8)16-11(19)9-3-2-4-10(7-9)15-12-14-5-6-20-12/h2-7H,1H3,(H,14,15)(H,16,18,19). The number of carbonyl (C=O) groups excluding carboxylic acids is 1. The number of nitrogens with zero attached hydrogens (tertiary/aromatic N) is 3. The van der Waals surface area contributed by atoms with Crippen molar-refractivity contribution in [3.8, 4) is 0 Å². The molecular weight excluding hydrogens is 306 g/mol. The summed E-state index contributed by atoms with van der Waals surface area (Å²) < 4.78 is 0. The average Bonchev–Trinajstić information content (AvgIpc) is 3.11. The van der Waals surface area contributed by atoms with Crippen molar-refractivity contribution >= 4 is 44.5 Å². The predicted molar refractivity (Wildman–Crippen MR) is 84.4 cm³/mol. The van der Waals surface area contributed by atoms with E-state index in [4.69, 9.17) is 0 Å². The molecule has 0 radical (unpaired) electrons. The van der Waals surface area contributed by atoms with Crippen molar-refractivity contribution in [2.45, 2.75) is 6.92 Å². The molecule has 1 amide bonds. The van der Waals surface area contributed by atoms with Crippen LogP contribution in [0.4, 0.5) is 16.0 Å². The van der Waals surface area contributed by atoms with Crippen LogP contribution in [-0.4, -0.2) is 21.1 Å². The summed E-state index contributed by atoms with van der Waals surface area (Å²) in [6.45, 7) is 1.84. The average molecular weight is 317 g/mol. The van der Waals surface area contributed by atoms with Crippen LogP contribution in [0.1, 0.15) is 15.4 Å². The fourth-order valence-corrected chi connectivity index (χ4v) is 2.80. The molecule has 0 saturated carbocycles. The van der Waals surface area contributed by atoms with E-state index in [1.165, 1.54) is 22.7 Å². The highest BCUT2D eigenvalue weighted by atomic mass is 32.1. The fourth-order valence-electron chi connectivity index (χ4n) is 1.66. The molecule has 0 fully saturated rings. The molecule has 0 spiro atoms. The summed E-state index contributed by atoms with van der Waals surface area (Å²) in [5, 5.41) is 17.6. The highest BCUT2D eigenvalue weighted by Crippen LogP contribution is 2.20. The number of nitrogens with one attached hydrogen (secondary N) is 2. The number of thiazole rings is 1. The van der Waals surface area contributed by atoms with E-state index < -0.39 is 0 Å². The van der Waals surface area contributed by atoms with E-state index >= 15 is 0 Å². The van der Waals surface area contributed by atoms with Crippen LogP contribution in [0.15, 0.2) is 35.8 Å². The summed E-state index contributed by atoms with van der Waals surface area (Å²) in [6.07, 6.45) is 1.72. The van der Waals surface area contributed by atoms with Crippen molar-refractivity contribution in [1.82, 2.24) is 15.2 Å². The number of hydrogen-bond donors (Lipinski definition) is 2. The summed E-state index contributed by atoms with van der Waals surface area (Å²) in [5.74, 6) is -0.214. The van der Waals surface area contributed by atoms with Gasteiger partial charge in [-0.3, -0.25) is 10.1 Å². The van der Waals surface area contributed by atoms with E-state index in [1.807, 2.05) is 24.4 Å². The SMILES string of the molecule is Cc1nnc(NC(=O)c2cccc(Nc3nccs3)c2)s1. The Bertz CT molecular complexity index is 754. The van der Waals surface area contributed by atoms with Gasteiger partial charge in [0.15, 0.2) is 5.13 Å². The smallest absolute Gasteiger partial charge is 0.257 e. The van der Waals surface area contributed by atoms with Crippen LogP contribution in [0.25, 0.3) is 0 Å². The number of rotatable bonds is 4. The van der Waals surface area contributed by atoms with Crippen LogP contribution in [-0.2, 0) is 0 Å². The highest BCUT2D eigenvalue weighted by Gasteiger charge is 2.10. The van der Waals surface area contributed by atoms with Crippen molar-refractivity contribution in [2.75, 3.05) is 10.6 Å². The van der Waals surface area contributed by atoms with Gasteiger partial charge in [0.1, 0.15) is 5.01 Å². The van der Waals surface area contributed by atoms with Gasteiger partial charge >= 0.3 is 0 Å². The molecular formula is C13H11N5OS2. The summed E-state index contributed by atoms with van der Waals surface area (Å²) >= 11 is 2.84. The van der Waals surface area contributed by atoms with Crippen LogP contribution in [0, 0.1) is 6.92 Å². The number of aromatic nitrogens is 3. The topological polar surface area (TPSA) is 79.8 Å². The van der Waals surface area contributed by atoms with Gasteiger partial charge in [0, 0.05) is 22.8 Å². The van der Waals surface area contributed by atoms with Crippen LogP contribution >= 0.6 is 22.7 Å². The van der Waals surface area contributed by atoms with Crippen LogP contribution in [0.5, 0.6) is 0 Å². The van der Waals surface area contributed by atoms with E-state index in [9.17, 15) is 4.79 Å². The third-order valence-electron chi connectivity index (χ3n) is 2.55. The molecule has 0 atom stereocenters. The largest absolute Gasteiger partial charge is 0.332 e. The van der Waals surface area contributed by atoms with Gasteiger partial charge in [0.2, 0.25) is 5.13 Å². The van der Waals surface area contributed by atoms with Crippen LogP contribution < -0.4 is 10.6 Å². The molecule has 2 N–H and O–H groups in total. The molecule has 2 heterocycles. The van der Waals surface area contributed by atoms with Crippen molar-refractivity contribution in [3.05, 3.63) is 46.4 Å². The Hall–Kier alpha value is -2.32. The highest BCUT2D eigenvalue weighted by molar-refractivity contribution is 7.15. The van der Waals surface area contributed by atoms with E-state index in [-0.39, 0.29) is 5.91 Å². The van der Waals surface area contributed by atoms with Gasteiger partial charge in [0.25, 0.3) is 5.91 Å².